The molecule has 0 radical (unpaired) electrons. The summed E-state index contributed by atoms with van der Waals surface area (Å²) in [4.78, 5) is 25.8. The van der Waals surface area contributed by atoms with Gasteiger partial charge in [-0.3, -0.25) is 9.69 Å². The van der Waals surface area contributed by atoms with E-state index in [0.29, 0.717) is 21.9 Å². The molecule has 3 amide bonds. The fourth-order valence-electron chi connectivity index (χ4n) is 2.81. The molecule has 1 aliphatic heterocycles. The van der Waals surface area contributed by atoms with E-state index in [0.717, 1.165) is 17.0 Å². The van der Waals surface area contributed by atoms with E-state index in [9.17, 15) is 18.4 Å². The van der Waals surface area contributed by atoms with Crippen LogP contribution in [0.1, 0.15) is 12.5 Å². The first-order valence-corrected chi connectivity index (χ1v) is 8.65. The van der Waals surface area contributed by atoms with Gasteiger partial charge in [-0.15, -0.1) is 0 Å². The van der Waals surface area contributed by atoms with E-state index < -0.39 is 29.1 Å². The minimum Gasteiger partial charge on any atom is -0.490 e. The van der Waals surface area contributed by atoms with Gasteiger partial charge in [0.2, 0.25) is 0 Å². The number of imide groups is 1. The van der Waals surface area contributed by atoms with Gasteiger partial charge in [0.05, 0.1) is 11.6 Å². The van der Waals surface area contributed by atoms with Crippen molar-refractivity contribution in [3.8, 4) is 5.75 Å². The van der Waals surface area contributed by atoms with Crippen molar-refractivity contribution in [1.82, 2.24) is 10.2 Å². The Morgan fingerprint density at radius 3 is 2.59 bits per heavy atom. The first kappa shape index (κ1) is 19.4. The minimum absolute atomic E-state index is 0.0405. The molecule has 0 spiro atoms. The van der Waals surface area contributed by atoms with Crippen molar-refractivity contribution in [2.75, 3.05) is 13.2 Å². The highest BCUT2D eigenvalue weighted by Gasteiger charge is 2.50. The number of carbonyl (C=O) groups is 2. The quantitative estimate of drug-likeness (QED) is 0.748. The second-order valence-electron chi connectivity index (χ2n) is 6.06. The third-order valence-corrected chi connectivity index (χ3v) is 4.76. The molecule has 9 heteroatoms. The molecule has 1 fully saturated rings. The molecule has 0 saturated carbocycles. The van der Waals surface area contributed by atoms with E-state index in [1.165, 1.54) is 13.0 Å². The van der Waals surface area contributed by atoms with Crippen molar-refractivity contribution in [3.63, 3.8) is 0 Å². The molecule has 0 aliphatic carbocycles. The van der Waals surface area contributed by atoms with Crippen LogP contribution in [0.5, 0.6) is 5.75 Å². The highest BCUT2D eigenvalue weighted by Crippen LogP contribution is 2.31. The molecule has 1 saturated heterocycles. The Hall–Kier alpha value is -2.38. The van der Waals surface area contributed by atoms with Crippen molar-refractivity contribution in [3.05, 3.63) is 63.6 Å². The van der Waals surface area contributed by atoms with Crippen molar-refractivity contribution < 1.29 is 23.1 Å². The van der Waals surface area contributed by atoms with Crippen LogP contribution in [0.15, 0.2) is 36.4 Å². The van der Waals surface area contributed by atoms with Gasteiger partial charge in [0.1, 0.15) is 29.5 Å². The zero-order valence-corrected chi connectivity index (χ0v) is 15.6. The third kappa shape index (κ3) is 3.70. The van der Waals surface area contributed by atoms with Gasteiger partial charge in [0, 0.05) is 22.7 Å². The Kier molecular flexibility index (Phi) is 5.26. The number of halogens is 4. The molecule has 5 nitrogen and oxygen atoms in total. The lowest BCUT2D eigenvalue weighted by atomic mass is 9.91. The number of ether oxygens (including phenoxy) is 1. The van der Waals surface area contributed by atoms with Gasteiger partial charge in [-0.2, -0.15) is 0 Å². The second kappa shape index (κ2) is 7.32. The van der Waals surface area contributed by atoms with Crippen LogP contribution in [0.2, 0.25) is 10.0 Å². The second-order valence-corrected chi connectivity index (χ2v) is 6.90. The molecule has 142 valence electrons. The van der Waals surface area contributed by atoms with Gasteiger partial charge in [0.25, 0.3) is 5.91 Å². The average Bonchev–Trinajstić information content (AvgIpc) is 2.81. The summed E-state index contributed by atoms with van der Waals surface area (Å²) in [7, 11) is 0. The lowest BCUT2D eigenvalue weighted by molar-refractivity contribution is -0.131. The number of amides is 3. The Balaban J connectivity index is 1.73. The molecule has 1 heterocycles. The highest BCUT2D eigenvalue weighted by molar-refractivity contribution is 6.34. The van der Waals surface area contributed by atoms with E-state index in [2.05, 4.69) is 5.32 Å². The maximum Gasteiger partial charge on any atom is 0.325 e. The molecule has 1 atom stereocenters. The molecular formula is C18H14Cl2F2N2O3. The van der Waals surface area contributed by atoms with E-state index in [1.807, 2.05) is 0 Å². The standard InChI is InChI=1S/C18H14Cl2F2N2O3/c1-18(12-4-3-11(21)9-14(12)22)16(25)24(17(26)23-18)6-7-27-15-8-10(19)2-5-13(15)20/h2-5,8-9H,6-7H2,1H3,(H,23,26). The van der Waals surface area contributed by atoms with Gasteiger partial charge < -0.3 is 10.1 Å². The molecule has 1 aliphatic rings. The van der Waals surface area contributed by atoms with E-state index in [4.69, 9.17) is 27.9 Å². The number of hydrogen-bond donors (Lipinski definition) is 1. The third-order valence-electron chi connectivity index (χ3n) is 4.21. The Labute approximate surface area is 163 Å². The highest BCUT2D eigenvalue weighted by atomic mass is 35.5. The zero-order valence-electron chi connectivity index (χ0n) is 14.1. The molecule has 2 aromatic rings. The van der Waals surface area contributed by atoms with Gasteiger partial charge >= 0.3 is 6.03 Å². The number of nitrogens with one attached hydrogen (secondary N) is 1. The number of nitrogens with zero attached hydrogens (tertiary/aromatic N) is 1. The topological polar surface area (TPSA) is 58.6 Å². The predicted octanol–water partition coefficient (Wildman–Crippen LogP) is 4.12. The van der Waals surface area contributed by atoms with Crippen LogP contribution in [0.25, 0.3) is 0 Å². The summed E-state index contributed by atoms with van der Waals surface area (Å²) in [6.07, 6.45) is 0. The van der Waals surface area contributed by atoms with Crippen LogP contribution in [0, 0.1) is 11.6 Å². The summed E-state index contributed by atoms with van der Waals surface area (Å²) in [5.74, 6) is -2.06. The van der Waals surface area contributed by atoms with Crippen LogP contribution >= 0.6 is 23.2 Å². The normalized spacial score (nSPS) is 19.4. The van der Waals surface area contributed by atoms with Crippen LogP contribution in [-0.4, -0.2) is 30.0 Å². The van der Waals surface area contributed by atoms with E-state index in [-0.39, 0.29) is 18.7 Å². The Morgan fingerprint density at radius 2 is 1.89 bits per heavy atom. The first-order chi connectivity index (χ1) is 12.7. The van der Waals surface area contributed by atoms with Crippen LogP contribution in [0.3, 0.4) is 0 Å². The van der Waals surface area contributed by atoms with Gasteiger partial charge in [-0.25, -0.2) is 13.6 Å². The molecule has 3 rings (SSSR count). The number of urea groups is 1. The smallest absolute Gasteiger partial charge is 0.325 e. The molecule has 1 N–H and O–H groups in total. The number of carbonyl (C=O) groups excluding carboxylic acids is 2. The molecule has 1 unspecified atom stereocenters. The first-order valence-electron chi connectivity index (χ1n) is 7.90. The lowest BCUT2D eigenvalue weighted by Crippen LogP contribution is -2.42. The van der Waals surface area contributed by atoms with Crippen molar-refractivity contribution in [2.45, 2.75) is 12.5 Å². The SMILES string of the molecule is CC1(c2ccc(F)cc2F)NC(=O)N(CCOc2cc(Cl)ccc2Cl)C1=O. The average molecular weight is 415 g/mol. The maximum absolute atomic E-state index is 14.1. The molecular weight excluding hydrogens is 401 g/mol. The summed E-state index contributed by atoms with van der Waals surface area (Å²) in [5, 5.41) is 3.20. The molecule has 27 heavy (non-hydrogen) atoms. The van der Waals surface area contributed by atoms with Gasteiger partial charge in [-0.1, -0.05) is 29.3 Å². The molecule has 0 aromatic heterocycles. The monoisotopic (exact) mass is 414 g/mol. The number of rotatable bonds is 5. The number of benzene rings is 2. The van der Waals surface area contributed by atoms with Gasteiger partial charge in [0.15, 0.2) is 0 Å². The van der Waals surface area contributed by atoms with Gasteiger partial charge in [-0.05, 0) is 25.1 Å². The zero-order chi connectivity index (χ0) is 19.8. The fourth-order valence-corrected chi connectivity index (χ4v) is 3.15. The van der Waals surface area contributed by atoms with Crippen LogP contribution in [-0.2, 0) is 10.3 Å². The predicted molar refractivity (Wildman–Crippen MR) is 95.9 cm³/mol. The summed E-state index contributed by atoms with van der Waals surface area (Å²) in [6.45, 7) is 1.23. The van der Waals surface area contributed by atoms with Crippen LogP contribution < -0.4 is 10.1 Å². The lowest BCUT2D eigenvalue weighted by Gasteiger charge is -2.22. The summed E-state index contributed by atoms with van der Waals surface area (Å²) < 4.78 is 32.7. The van der Waals surface area contributed by atoms with E-state index in [1.54, 1.807) is 12.1 Å². The van der Waals surface area contributed by atoms with Crippen LogP contribution in [0.4, 0.5) is 13.6 Å². The largest absolute Gasteiger partial charge is 0.490 e. The minimum atomic E-state index is -1.64. The molecule has 0 bridgehead atoms. The Morgan fingerprint density at radius 1 is 1.15 bits per heavy atom. The summed E-state index contributed by atoms with van der Waals surface area (Å²) >= 11 is 11.9. The maximum atomic E-state index is 14.1. The van der Waals surface area contributed by atoms with E-state index >= 15 is 0 Å². The Bertz CT molecular complexity index is 925. The van der Waals surface area contributed by atoms with Crippen molar-refractivity contribution >= 4 is 35.1 Å². The number of hydrogen-bond acceptors (Lipinski definition) is 3. The van der Waals surface area contributed by atoms with Crippen molar-refractivity contribution in [1.29, 1.82) is 0 Å². The fraction of sp³-hybridized carbons (Fsp3) is 0.222. The summed E-state index contributed by atoms with van der Waals surface area (Å²) in [6, 6.07) is 6.77. The summed E-state index contributed by atoms with van der Waals surface area (Å²) in [5.41, 5.74) is -1.76. The molecule has 2 aromatic carbocycles. The van der Waals surface area contributed by atoms with Crippen molar-refractivity contribution in [2.24, 2.45) is 0 Å².